The van der Waals surface area contributed by atoms with Gasteiger partial charge in [0.2, 0.25) is 0 Å². The van der Waals surface area contributed by atoms with Crippen LogP contribution in [0.5, 0.6) is 0 Å². The number of benzene rings is 11. The molecule has 0 bridgehead atoms. The molecule has 0 aliphatic heterocycles. The van der Waals surface area contributed by atoms with Gasteiger partial charge in [-0.15, -0.1) is 0 Å². The van der Waals surface area contributed by atoms with Crippen LogP contribution in [0.4, 0.5) is 0 Å². The van der Waals surface area contributed by atoms with Crippen molar-refractivity contribution >= 4 is 87.5 Å². The normalized spacial score (nSPS) is 12.0. The number of rotatable bonds is 7. The third-order valence-corrected chi connectivity index (χ3v) is 15.6. The van der Waals surface area contributed by atoms with E-state index in [9.17, 15) is 0 Å². The molecule has 16 rings (SSSR count). The fourth-order valence-corrected chi connectivity index (χ4v) is 12.4. The molecule has 16 aromatic rings. The van der Waals surface area contributed by atoms with Gasteiger partial charge in [-0.25, -0.2) is 9.59 Å². The first-order valence-corrected chi connectivity index (χ1v) is 25.8. The summed E-state index contributed by atoms with van der Waals surface area (Å²) in [6, 6.07) is 89.3. The van der Waals surface area contributed by atoms with E-state index < -0.39 is 0 Å². The second-order valence-corrected chi connectivity index (χ2v) is 19.7. The predicted molar refractivity (Wildman–Crippen MR) is 314 cm³/mol. The quantitative estimate of drug-likeness (QED) is 0.160. The molecule has 9 heteroatoms. The predicted octanol–water partition coefficient (Wildman–Crippen LogP) is 15.2. The minimum atomic E-state index is -0.181. The largest absolute Gasteiger partial charge is 0.338 e. The summed E-state index contributed by atoms with van der Waals surface area (Å²) in [6.45, 7) is 0. The molecule has 362 valence electrons. The van der Waals surface area contributed by atoms with Crippen molar-refractivity contribution < 1.29 is 0 Å². The van der Waals surface area contributed by atoms with Crippen LogP contribution in [-0.4, -0.2) is 32.0 Å². The monoisotopic (exact) mass is 989 g/mol. The molecule has 0 aliphatic carbocycles. The summed E-state index contributed by atoms with van der Waals surface area (Å²) in [6.07, 6.45) is 0. The average Bonchev–Trinajstić information content (AvgIpc) is 4.29. The molecule has 0 N–H and O–H groups in total. The van der Waals surface area contributed by atoms with Crippen LogP contribution in [0.15, 0.2) is 270 Å². The SMILES string of the molecule is O=c1n(-c2cccc(-n3c4ccccc4c4ccccc43)c2)c2ccccc2n1-c1ccc2c(c1)c1cc(-n3c(=O)n(-c4cccc(-n5c6ccccc6c6ccccc65)c4)c4ccccc43)ccc1n2-c1ccccc1. The van der Waals surface area contributed by atoms with E-state index in [-0.39, 0.29) is 11.4 Å². The third kappa shape index (κ3) is 6.22. The maximum atomic E-state index is 15.3. The summed E-state index contributed by atoms with van der Waals surface area (Å²) in [4.78, 5) is 30.7. The summed E-state index contributed by atoms with van der Waals surface area (Å²) in [7, 11) is 0. The minimum Gasteiger partial charge on any atom is -0.309 e. The standard InChI is InChI=1S/C68H43N7O2/c76-67-72(47-22-16-20-45(40-47)70-57-28-8-4-24-51(57)52-25-5-9-29-58(52)70)63-32-12-14-34-65(63)74(67)49-36-38-61-55(42-49)56-43-50(37-39-62(56)69(61)44-18-2-1-3-19-44)75-66-35-15-13-33-64(66)73(68(75)77)48-23-17-21-46(41-48)71-59-30-10-6-26-53(59)54-27-7-11-31-60(54)71/h1-43H. The van der Waals surface area contributed by atoms with Crippen molar-refractivity contribution in [2.75, 3.05) is 0 Å². The molecule has 0 aliphatic rings. The number of hydrogen-bond donors (Lipinski definition) is 0. The first kappa shape index (κ1) is 42.8. The molecule has 77 heavy (non-hydrogen) atoms. The molecule has 0 radical (unpaired) electrons. The molecule has 0 saturated heterocycles. The Morgan fingerprint density at radius 2 is 0.416 bits per heavy atom. The Morgan fingerprint density at radius 1 is 0.169 bits per heavy atom. The van der Waals surface area contributed by atoms with Crippen molar-refractivity contribution in [2.24, 2.45) is 0 Å². The van der Waals surface area contributed by atoms with E-state index in [1.54, 1.807) is 0 Å². The summed E-state index contributed by atoms with van der Waals surface area (Å²) in [5.41, 5.74) is 15.0. The number of aromatic nitrogens is 7. The van der Waals surface area contributed by atoms with Crippen LogP contribution in [0.1, 0.15) is 0 Å². The zero-order valence-corrected chi connectivity index (χ0v) is 41.3. The van der Waals surface area contributed by atoms with Crippen LogP contribution in [0, 0.1) is 0 Å². The van der Waals surface area contributed by atoms with Gasteiger partial charge in [0.15, 0.2) is 0 Å². The number of hydrogen-bond acceptors (Lipinski definition) is 2. The van der Waals surface area contributed by atoms with Crippen LogP contribution >= 0.6 is 0 Å². The van der Waals surface area contributed by atoms with Gasteiger partial charge in [0.25, 0.3) is 0 Å². The molecule has 11 aromatic carbocycles. The molecule has 0 fully saturated rings. The Balaban J connectivity index is 0.872. The lowest BCUT2D eigenvalue weighted by molar-refractivity contribution is 0.929. The van der Waals surface area contributed by atoms with E-state index in [2.05, 4.69) is 171 Å². The van der Waals surface area contributed by atoms with Crippen molar-refractivity contribution in [3.05, 3.63) is 282 Å². The summed E-state index contributed by atoms with van der Waals surface area (Å²) >= 11 is 0. The number of nitrogens with zero attached hydrogens (tertiary/aromatic N) is 7. The Morgan fingerprint density at radius 3 is 0.766 bits per heavy atom. The highest BCUT2D eigenvalue weighted by Crippen LogP contribution is 2.38. The van der Waals surface area contributed by atoms with E-state index in [1.165, 1.54) is 21.5 Å². The Hall–Kier alpha value is -10.6. The average molecular weight is 990 g/mol. The van der Waals surface area contributed by atoms with Crippen LogP contribution in [0.2, 0.25) is 0 Å². The molecular weight excluding hydrogens is 947 g/mol. The van der Waals surface area contributed by atoms with E-state index >= 15 is 9.59 Å². The molecule has 0 unspecified atom stereocenters. The van der Waals surface area contributed by atoms with Gasteiger partial charge in [0.1, 0.15) is 0 Å². The first-order chi connectivity index (χ1) is 38.1. The summed E-state index contributed by atoms with van der Waals surface area (Å²) in [5.74, 6) is 0. The lowest BCUT2D eigenvalue weighted by Crippen LogP contribution is -2.22. The highest BCUT2D eigenvalue weighted by Gasteiger charge is 2.23. The number of imidazole rings is 2. The lowest BCUT2D eigenvalue weighted by Gasteiger charge is -2.11. The molecule has 9 nitrogen and oxygen atoms in total. The van der Waals surface area contributed by atoms with Crippen molar-refractivity contribution in [2.45, 2.75) is 0 Å². The van der Waals surface area contributed by atoms with E-state index in [0.717, 1.165) is 106 Å². The van der Waals surface area contributed by atoms with Gasteiger partial charge in [0.05, 0.1) is 77.9 Å². The number of para-hydroxylation sites is 9. The molecule has 0 atom stereocenters. The van der Waals surface area contributed by atoms with Crippen molar-refractivity contribution in [1.82, 2.24) is 32.0 Å². The summed E-state index contributed by atoms with van der Waals surface area (Å²) < 4.78 is 14.1. The molecule has 0 spiro atoms. The molecule has 5 heterocycles. The van der Waals surface area contributed by atoms with Gasteiger partial charge in [-0.2, -0.15) is 0 Å². The van der Waals surface area contributed by atoms with Gasteiger partial charge in [-0.1, -0.05) is 127 Å². The first-order valence-electron chi connectivity index (χ1n) is 25.8. The van der Waals surface area contributed by atoms with Gasteiger partial charge in [-0.05, 0) is 133 Å². The van der Waals surface area contributed by atoms with Gasteiger partial charge in [-0.3, -0.25) is 18.3 Å². The minimum absolute atomic E-state index is 0.181. The van der Waals surface area contributed by atoms with Gasteiger partial charge >= 0.3 is 11.4 Å². The fraction of sp³-hybridized carbons (Fsp3) is 0. The topological polar surface area (TPSA) is 68.7 Å². The van der Waals surface area contributed by atoms with Crippen molar-refractivity contribution in [3.63, 3.8) is 0 Å². The van der Waals surface area contributed by atoms with Crippen LogP contribution < -0.4 is 11.4 Å². The second kappa shape index (κ2) is 16.4. The summed E-state index contributed by atoms with van der Waals surface area (Å²) in [5, 5.41) is 6.58. The van der Waals surface area contributed by atoms with E-state index in [4.69, 9.17) is 0 Å². The van der Waals surface area contributed by atoms with Crippen molar-refractivity contribution in [3.8, 4) is 39.8 Å². The molecule has 0 saturated carbocycles. The van der Waals surface area contributed by atoms with Crippen LogP contribution in [0.25, 0.3) is 127 Å². The third-order valence-electron chi connectivity index (χ3n) is 15.6. The lowest BCUT2D eigenvalue weighted by atomic mass is 10.1. The fourth-order valence-electron chi connectivity index (χ4n) is 12.4. The zero-order valence-electron chi connectivity index (χ0n) is 41.3. The maximum Gasteiger partial charge on any atom is 0.338 e. The number of fused-ring (bicyclic) bond motifs is 11. The highest BCUT2D eigenvalue weighted by atomic mass is 16.2. The molecule has 0 amide bonds. The maximum absolute atomic E-state index is 15.3. The Kier molecular flexibility index (Phi) is 9.14. The van der Waals surface area contributed by atoms with Gasteiger partial charge in [0, 0.05) is 49.4 Å². The molecular formula is C68H43N7O2. The van der Waals surface area contributed by atoms with Crippen molar-refractivity contribution in [1.29, 1.82) is 0 Å². The molecule has 5 aromatic heterocycles. The highest BCUT2D eigenvalue weighted by molar-refractivity contribution is 6.12. The van der Waals surface area contributed by atoms with E-state index in [0.29, 0.717) is 0 Å². The van der Waals surface area contributed by atoms with Crippen LogP contribution in [0.3, 0.4) is 0 Å². The smallest absolute Gasteiger partial charge is 0.309 e. The van der Waals surface area contributed by atoms with E-state index in [1.807, 2.05) is 121 Å². The van der Waals surface area contributed by atoms with Crippen LogP contribution in [-0.2, 0) is 0 Å². The Bertz CT molecular complexity index is 4820. The zero-order chi connectivity index (χ0) is 50.9. The van der Waals surface area contributed by atoms with Gasteiger partial charge < -0.3 is 13.7 Å². The Labute approximate surface area is 439 Å². The second-order valence-electron chi connectivity index (χ2n) is 19.7.